The highest BCUT2D eigenvalue weighted by Crippen LogP contribution is 2.24. The number of aromatic nitrogens is 4. The molecule has 0 saturated carbocycles. The summed E-state index contributed by atoms with van der Waals surface area (Å²) < 4.78 is 9.30. The van der Waals surface area contributed by atoms with Gasteiger partial charge in [-0.2, -0.15) is 0 Å². The number of methoxy groups -OCH3 is 1. The molecule has 0 fully saturated rings. The highest BCUT2D eigenvalue weighted by atomic mass is 16.5. The van der Waals surface area contributed by atoms with Gasteiger partial charge in [-0.3, -0.25) is 4.79 Å². The predicted molar refractivity (Wildman–Crippen MR) is 97.9 cm³/mol. The lowest BCUT2D eigenvalue weighted by molar-refractivity contribution is 0.0696. The molecule has 0 radical (unpaired) electrons. The number of fused-ring (bicyclic) bond motifs is 2. The van der Waals surface area contributed by atoms with Gasteiger partial charge in [0.1, 0.15) is 12.4 Å². The van der Waals surface area contributed by atoms with Gasteiger partial charge < -0.3 is 18.8 Å². The second-order valence-corrected chi connectivity index (χ2v) is 6.84. The zero-order valence-electron chi connectivity index (χ0n) is 15.3. The Morgan fingerprint density at radius 3 is 2.88 bits per heavy atom. The third kappa shape index (κ3) is 2.68. The van der Waals surface area contributed by atoms with Crippen LogP contribution in [0.25, 0.3) is 10.9 Å². The number of hydrogen-bond donors (Lipinski definition) is 0. The molecular weight excluding hydrogens is 330 g/mol. The van der Waals surface area contributed by atoms with Crippen molar-refractivity contribution in [3.8, 4) is 0 Å². The quantitative estimate of drug-likeness (QED) is 0.722. The molecule has 0 spiro atoms. The minimum absolute atomic E-state index is 0.0577. The fraction of sp³-hybridized carbons (Fsp3) is 0.421. The van der Waals surface area contributed by atoms with E-state index >= 15 is 0 Å². The molecule has 0 aliphatic carbocycles. The first-order valence-corrected chi connectivity index (χ1v) is 8.85. The van der Waals surface area contributed by atoms with Crippen molar-refractivity contribution < 1.29 is 9.53 Å². The average molecular weight is 353 g/mol. The first-order valence-electron chi connectivity index (χ1n) is 8.85. The van der Waals surface area contributed by atoms with E-state index in [1.807, 2.05) is 47.0 Å². The van der Waals surface area contributed by atoms with Crippen molar-refractivity contribution in [2.75, 3.05) is 13.7 Å². The number of benzene rings is 1. The molecule has 7 nitrogen and oxygen atoms in total. The van der Waals surface area contributed by atoms with E-state index in [1.165, 1.54) is 0 Å². The number of aryl methyl sites for hydroxylation is 1. The van der Waals surface area contributed by atoms with Crippen LogP contribution in [0.2, 0.25) is 0 Å². The summed E-state index contributed by atoms with van der Waals surface area (Å²) in [5, 5.41) is 9.51. The molecule has 0 bridgehead atoms. The molecule has 0 unspecified atom stereocenters. The SMILES string of the molecule is COCc1nnc2n1CCN(C(=O)c1cn(C)c3ccccc13)[C@@H](C)C2. The average Bonchev–Trinajstić information content (AvgIpc) is 3.12. The van der Waals surface area contributed by atoms with Gasteiger partial charge in [0.05, 0.1) is 5.56 Å². The van der Waals surface area contributed by atoms with Crippen LogP contribution in [-0.4, -0.2) is 49.8 Å². The van der Waals surface area contributed by atoms with Gasteiger partial charge in [-0.05, 0) is 13.0 Å². The van der Waals surface area contributed by atoms with Crippen molar-refractivity contribution in [1.29, 1.82) is 0 Å². The summed E-state index contributed by atoms with van der Waals surface area (Å²) >= 11 is 0. The molecule has 0 N–H and O–H groups in total. The topological polar surface area (TPSA) is 65.2 Å². The van der Waals surface area contributed by atoms with Crippen LogP contribution in [0.1, 0.15) is 28.9 Å². The van der Waals surface area contributed by atoms with Gasteiger partial charge in [-0.15, -0.1) is 10.2 Å². The zero-order valence-corrected chi connectivity index (χ0v) is 15.3. The lowest BCUT2D eigenvalue weighted by Crippen LogP contribution is -2.40. The van der Waals surface area contributed by atoms with Crippen molar-refractivity contribution in [1.82, 2.24) is 24.2 Å². The minimum atomic E-state index is 0.0577. The molecule has 3 aromatic rings. The third-order valence-electron chi connectivity index (χ3n) is 5.14. The van der Waals surface area contributed by atoms with Crippen LogP contribution in [0.3, 0.4) is 0 Å². The zero-order chi connectivity index (χ0) is 18.3. The number of hydrogen-bond acceptors (Lipinski definition) is 4. The third-order valence-corrected chi connectivity index (χ3v) is 5.14. The summed E-state index contributed by atoms with van der Waals surface area (Å²) in [5.74, 6) is 1.80. The van der Waals surface area contributed by atoms with E-state index in [-0.39, 0.29) is 11.9 Å². The number of carbonyl (C=O) groups excluding carboxylic acids is 1. The largest absolute Gasteiger partial charge is 0.377 e. The molecule has 1 amide bonds. The number of carbonyl (C=O) groups is 1. The first kappa shape index (κ1) is 16.8. The van der Waals surface area contributed by atoms with Crippen LogP contribution in [0.15, 0.2) is 30.5 Å². The summed E-state index contributed by atoms with van der Waals surface area (Å²) in [7, 11) is 3.63. The summed E-state index contributed by atoms with van der Waals surface area (Å²) in [6, 6.07) is 8.08. The Balaban J connectivity index is 1.64. The molecule has 26 heavy (non-hydrogen) atoms. The van der Waals surface area contributed by atoms with Crippen molar-refractivity contribution >= 4 is 16.8 Å². The molecule has 1 aromatic carbocycles. The van der Waals surface area contributed by atoms with Gasteiger partial charge in [-0.25, -0.2) is 0 Å². The van der Waals surface area contributed by atoms with E-state index in [2.05, 4.69) is 21.7 Å². The van der Waals surface area contributed by atoms with Crippen molar-refractivity contribution in [2.45, 2.75) is 32.5 Å². The van der Waals surface area contributed by atoms with Crippen molar-refractivity contribution in [3.05, 3.63) is 47.7 Å². The fourth-order valence-corrected chi connectivity index (χ4v) is 3.79. The number of amides is 1. The van der Waals surface area contributed by atoms with E-state index in [9.17, 15) is 4.79 Å². The lowest BCUT2D eigenvalue weighted by Gasteiger charge is -2.26. The van der Waals surface area contributed by atoms with E-state index in [1.54, 1.807) is 7.11 Å². The molecule has 136 valence electrons. The molecule has 1 aliphatic rings. The smallest absolute Gasteiger partial charge is 0.256 e. The van der Waals surface area contributed by atoms with Crippen LogP contribution in [0.4, 0.5) is 0 Å². The first-order chi connectivity index (χ1) is 12.6. The predicted octanol–water partition coefficient (Wildman–Crippen LogP) is 2.00. The second-order valence-electron chi connectivity index (χ2n) is 6.84. The number of rotatable bonds is 3. The Morgan fingerprint density at radius 2 is 2.08 bits per heavy atom. The Kier molecular flexibility index (Phi) is 4.24. The maximum Gasteiger partial charge on any atom is 0.256 e. The Morgan fingerprint density at radius 1 is 1.27 bits per heavy atom. The molecule has 2 aromatic heterocycles. The monoisotopic (exact) mass is 353 g/mol. The van der Waals surface area contributed by atoms with Crippen LogP contribution >= 0.6 is 0 Å². The lowest BCUT2D eigenvalue weighted by atomic mass is 10.1. The summed E-state index contributed by atoms with van der Waals surface area (Å²) in [6.07, 6.45) is 2.62. The highest BCUT2D eigenvalue weighted by Gasteiger charge is 2.29. The Labute approximate surface area is 152 Å². The highest BCUT2D eigenvalue weighted by molar-refractivity contribution is 6.07. The molecule has 1 atom stereocenters. The normalized spacial score (nSPS) is 17.3. The maximum absolute atomic E-state index is 13.3. The van der Waals surface area contributed by atoms with Crippen molar-refractivity contribution in [3.63, 3.8) is 0 Å². The number of ether oxygens (including phenoxy) is 1. The molecule has 1 aliphatic heterocycles. The minimum Gasteiger partial charge on any atom is -0.377 e. The van der Waals surface area contributed by atoms with Crippen LogP contribution in [0, 0.1) is 0 Å². The number of para-hydroxylation sites is 1. The van der Waals surface area contributed by atoms with E-state index in [0.717, 1.165) is 28.1 Å². The van der Waals surface area contributed by atoms with E-state index in [0.29, 0.717) is 26.1 Å². The van der Waals surface area contributed by atoms with Gasteiger partial charge in [0.15, 0.2) is 5.82 Å². The van der Waals surface area contributed by atoms with Crippen molar-refractivity contribution in [2.24, 2.45) is 7.05 Å². The van der Waals surface area contributed by atoms with Crippen LogP contribution in [-0.2, 0) is 31.4 Å². The van der Waals surface area contributed by atoms with Crippen LogP contribution < -0.4 is 0 Å². The van der Waals surface area contributed by atoms with E-state index < -0.39 is 0 Å². The fourth-order valence-electron chi connectivity index (χ4n) is 3.79. The summed E-state index contributed by atoms with van der Waals surface area (Å²) in [6.45, 7) is 3.81. The van der Waals surface area contributed by atoms with Gasteiger partial charge in [0.25, 0.3) is 5.91 Å². The molecule has 0 saturated heterocycles. The Bertz CT molecular complexity index is 958. The summed E-state index contributed by atoms with van der Waals surface area (Å²) in [5.41, 5.74) is 1.82. The molecule has 4 rings (SSSR count). The standard InChI is InChI=1S/C19H23N5O2/c1-13-10-17-20-21-18(12-26-3)24(17)9-8-23(13)19(25)15-11-22(2)16-7-5-4-6-14(15)16/h4-7,11,13H,8-10,12H2,1-3H3/t13-/m0/s1. The number of nitrogens with zero attached hydrogens (tertiary/aromatic N) is 5. The van der Waals surface area contributed by atoms with Gasteiger partial charge in [0.2, 0.25) is 0 Å². The van der Waals surface area contributed by atoms with Gasteiger partial charge in [-0.1, -0.05) is 18.2 Å². The Hall–Kier alpha value is -2.67. The van der Waals surface area contributed by atoms with Gasteiger partial charge >= 0.3 is 0 Å². The second kappa shape index (κ2) is 6.57. The van der Waals surface area contributed by atoms with E-state index in [4.69, 9.17) is 4.74 Å². The maximum atomic E-state index is 13.3. The molecular formula is C19H23N5O2. The molecule has 7 heteroatoms. The summed E-state index contributed by atoms with van der Waals surface area (Å²) in [4.78, 5) is 15.3. The van der Waals surface area contributed by atoms with Gasteiger partial charge in [0, 0.05) is 56.8 Å². The molecule has 3 heterocycles. The van der Waals surface area contributed by atoms with Crippen LogP contribution in [0.5, 0.6) is 0 Å².